The summed E-state index contributed by atoms with van der Waals surface area (Å²) in [5.41, 5.74) is -0.435. The van der Waals surface area contributed by atoms with Gasteiger partial charge in [0, 0.05) is 6.07 Å². The third kappa shape index (κ3) is 2.80. The third-order valence-electron chi connectivity index (χ3n) is 1.82. The van der Waals surface area contributed by atoms with Gasteiger partial charge >= 0.3 is 0 Å². The fourth-order valence-corrected chi connectivity index (χ4v) is 2.12. The van der Waals surface area contributed by atoms with Gasteiger partial charge in [0.2, 0.25) is 10.0 Å². The number of aromatic amines is 1. The van der Waals surface area contributed by atoms with E-state index in [0.717, 1.165) is 6.07 Å². The molecule has 1 unspecified atom stereocenters. The van der Waals surface area contributed by atoms with Gasteiger partial charge < -0.3 is 0 Å². The molecule has 0 saturated heterocycles. The summed E-state index contributed by atoms with van der Waals surface area (Å²) in [6.45, 7) is 1.59. The molecule has 0 aliphatic carbocycles. The van der Waals surface area contributed by atoms with Crippen LogP contribution < -0.4 is 10.3 Å². The largest absolute Gasteiger partial charge is 0.268 e. The van der Waals surface area contributed by atoms with Crippen molar-refractivity contribution in [3.8, 4) is 6.07 Å². The molecule has 1 heterocycles. The molecule has 1 aromatic rings. The molecule has 0 saturated carbocycles. The molecule has 0 spiro atoms. The van der Waals surface area contributed by atoms with Crippen molar-refractivity contribution in [2.75, 3.05) is 4.72 Å². The average Bonchev–Trinajstić information content (AvgIpc) is 2.22. The molecule has 86 valence electrons. The van der Waals surface area contributed by atoms with E-state index >= 15 is 0 Å². The standard InChI is InChI=1S/C8H10N4O3S/c1-2-6(5-9)16(14,15)12-7-3-4-8(13)11-10-7/h3-4,6H,2H2,1H3,(H,10,12)(H,11,13). The van der Waals surface area contributed by atoms with E-state index in [-0.39, 0.29) is 12.2 Å². The molecule has 0 amide bonds. The van der Waals surface area contributed by atoms with E-state index in [1.807, 2.05) is 0 Å². The summed E-state index contributed by atoms with van der Waals surface area (Å²) in [4.78, 5) is 10.7. The molecule has 0 aromatic carbocycles. The molecule has 0 aliphatic rings. The van der Waals surface area contributed by atoms with Crippen LogP contribution in [0.4, 0.5) is 5.82 Å². The minimum Gasteiger partial charge on any atom is -0.268 e. The molecule has 0 bridgehead atoms. The second-order valence-corrected chi connectivity index (χ2v) is 4.84. The predicted molar refractivity (Wildman–Crippen MR) is 57.1 cm³/mol. The van der Waals surface area contributed by atoms with Gasteiger partial charge in [0.05, 0.1) is 6.07 Å². The van der Waals surface area contributed by atoms with Crippen molar-refractivity contribution in [2.45, 2.75) is 18.6 Å². The molecule has 1 atom stereocenters. The summed E-state index contributed by atoms with van der Waals surface area (Å²) < 4.78 is 25.3. The summed E-state index contributed by atoms with van der Waals surface area (Å²) in [6, 6.07) is 4.03. The molecular weight excluding hydrogens is 232 g/mol. The number of hydrogen-bond donors (Lipinski definition) is 2. The van der Waals surface area contributed by atoms with Gasteiger partial charge in [-0.2, -0.15) is 10.4 Å². The number of nitrogens with one attached hydrogen (secondary N) is 2. The van der Waals surface area contributed by atoms with Crippen LogP contribution in [-0.4, -0.2) is 23.9 Å². The molecule has 0 fully saturated rings. The molecule has 0 aliphatic heterocycles. The third-order valence-corrected chi connectivity index (χ3v) is 3.50. The summed E-state index contributed by atoms with van der Waals surface area (Å²) in [5, 5.41) is 13.1. The van der Waals surface area contributed by atoms with Crippen LogP contribution in [0.3, 0.4) is 0 Å². The first-order valence-electron chi connectivity index (χ1n) is 4.46. The van der Waals surface area contributed by atoms with E-state index in [2.05, 4.69) is 14.9 Å². The van der Waals surface area contributed by atoms with E-state index in [4.69, 9.17) is 5.26 Å². The second-order valence-electron chi connectivity index (χ2n) is 2.98. The zero-order valence-electron chi connectivity index (χ0n) is 8.47. The van der Waals surface area contributed by atoms with Crippen LogP contribution in [0, 0.1) is 11.3 Å². The van der Waals surface area contributed by atoms with Gasteiger partial charge in [0.25, 0.3) is 5.56 Å². The zero-order chi connectivity index (χ0) is 12.2. The Labute approximate surface area is 92.2 Å². The van der Waals surface area contributed by atoms with Crippen molar-refractivity contribution >= 4 is 15.8 Å². The van der Waals surface area contributed by atoms with Crippen LogP contribution in [0.1, 0.15) is 13.3 Å². The highest BCUT2D eigenvalue weighted by Gasteiger charge is 2.23. The molecule has 1 aromatic heterocycles. The highest BCUT2D eigenvalue weighted by Crippen LogP contribution is 2.09. The average molecular weight is 242 g/mol. The van der Waals surface area contributed by atoms with Gasteiger partial charge in [-0.25, -0.2) is 13.5 Å². The zero-order valence-corrected chi connectivity index (χ0v) is 9.28. The fourth-order valence-electron chi connectivity index (χ4n) is 0.998. The van der Waals surface area contributed by atoms with Crippen molar-refractivity contribution in [3.63, 3.8) is 0 Å². The van der Waals surface area contributed by atoms with Crippen molar-refractivity contribution in [1.29, 1.82) is 5.26 Å². The Hall–Kier alpha value is -1.88. The summed E-state index contributed by atoms with van der Waals surface area (Å²) in [6.07, 6.45) is 0.176. The molecule has 1 rings (SSSR count). The number of anilines is 1. The number of H-pyrrole nitrogens is 1. The van der Waals surface area contributed by atoms with Crippen molar-refractivity contribution in [3.05, 3.63) is 22.5 Å². The van der Waals surface area contributed by atoms with Gasteiger partial charge in [-0.3, -0.25) is 9.52 Å². The Morgan fingerprint density at radius 2 is 2.31 bits per heavy atom. The predicted octanol–water partition coefficient (Wildman–Crippen LogP) is -0.186. The SMILES string of the molecule is CCC(C#N)S(=O)(=O)Nc1ccc(=O)[nH]n1. The first kappa shape index (κ1) is 12.2. The second kappa shape index (κ2) is 4.76. The van der Waals surface area contributed by atoms with Crippen LogP contribution in [0.2, 0.25) is 0 Å². The number of nitrogens with zero attached hydrogens (tertiary/aromatic N) is 2. The van der Waals surface area contributed by atoms with Crippen LogP contribution in [0.5, 0.6) is 0 Å². The lowest BCUT2D eigenvalue weighted by molar-refractivity contribution is 0.592. The number of hydrogen-bond acceptors (Lipinski definition) is 5. The van der Waals surface area contributed by atoms with E-state index in [1.54, 1.807) is 13.0 Å². The molecule has 0 radical (unpaired) electrons. The topological polar surface area (TPSA) is 116 Å². The highest BCUT2D eigenvalue weighted by molar-refractivity contribution is 7.93. The van der Waals surface area contributed by atoms with Gasteiger partial charge in [0.15, 0.2) is 11.1 Å². The summed E-state index contributed by atoms with van der Waals surface area (Å²) >= 11 is 0. The smallest absolute Gasteiger partial charge is 0.264 e. The Kier molecular flexibility index (Phi) is 3.63. The van der Waals surface area contributed by atoms with Gasteiger partial charge in [-0.05, 0) is 12.5 Å². The lowest BCUT2D eigenvalue weighted by Crippen LogP contribution is -2.27. The molecular formula is C8H10N4O3S. The number of sulfonamides is 1. The molecule has 2 N–H and O–H groups in total. The first-order valence-corrected chi connectivity index (χ1v) is 6.01. The van der Waals surface area contributed by atoms with Gasteiger partial charge in [-0.15, -0.1) is 0 Å². The first-order chi connectivity index (χ1) is 7.49. The van der Waals surface area contributed by atoms with E-state index < -0.39 is 20.8 Å². The van der Waals surface area contributed by atoms with E-state index in [9.17, 15) is 13.2 Å². The lowest BCUT2D eigenvalue weighted by Gasteiger charge is -2.09. The Morgan fingerprint density at radius 3 is 2.75 bits per heavy atom. The quantitative estimate of drug-likeness (QED) is 0.759. The monoisotopic (exact) mass is 242 g/mol. The summed E-state index contributed by atoms with van der Waals surface area (Å²) in [5.74, 6) is -0.0201. The van der Waals surface area contributed by atoms with E-state index in [0.29, 0.717) is 0 Å². The minimum absolute atomic E-state index is 0.0201. The minimum atomic E-state index is -3.78. The lowest BCUT2D eigenvalue weighted by atomic mass is 10.4. The van der Waals surface area contributed by atoms with Crippen molar-refractivity contribution < 1.29 is 8.42 Å². The molecule has 8 heteroatoms. The Balaban J connectivity index is 2.93. The van der Waals surface area contributed by atoms with Gasteiger partial charge in [-0.1, -0.05) is 6.92 Å². The maximum Gasteiger partial charge on any atom is 0.264 e. The normalized spacial score (nSPS) is 12.8. The van der Waals surface area contributed by atoms with Crippen LogP contribution in [0.15, 0.2) is 16.9 Å². The van der Waals surface area contributed by atoms with Crippen molar-refractivity contribution in [2.24, 2.45) is 0 Å². The molecule has 16 heavy (non-hydrogen) atoms. The number of nitriles is 1. The molecule has 7 nitrogen and oxygen atoms in total. The number of aromatic nitrogens is 2. The van der Waals surface area contributed by atoms with Crippen LogP contribution >= 0.6 is 0 Å². The van der Waals surface area contributed by atoms with Gasteiger partial charge in [0.1, 0.15) is 0 Å². The Morgan fingerprint density at radius 1 is 1.62 bits per heavy atom. The maximum absolute atomic E-state index is 11.6. The maximum atomic E-state index is 11.6. The van der Waals surface area contributed by atoms with E-state index in [1.165, 1.54) is 6.07 Å². The number of rotatable bonds is 4. The Bertz CT molecular complexity index is 537. The fraction of sp³-hybridized carbons (Fsp3) is 0.375. The van der Waals surface area contributed by atoms with Crippen LogP contribution in [-0.2, 0) is 10.0 Å². The van der Waals surface area contributed by atoms with Crippen molar-refractivity contribution in [1.82, 2.24) is 10.2 Å². The highest BCUT2D eigenvalue weighted by atomic mass is 32.2. The summed E-state index contributed by atoms with van der Waals surface area (Å²) in [7, 11) is -3.78. The van der Waals surface area contributed by atoms with Crippen LogP contribution in [0.25, 0.3) is 0 Å².